The molecule has 0 spiro atoms. The number of fused-ring (bicyclic) bond motifs is 1. The number of hydrogen-bond acceptors (Lipinski definition) is 7. The van der Waals surface area contributed by atoms with Gasteiger partial charge in [0.05, 0.1) is 42.3 Å². The number of aromatic amines is 1. The Morgan fingerprint density at radius 3 is 2.66 bits per heavy atom. The van der Waals surface area contributed by atoms with Gasteiger partial charge in [0.15, 0.2) is 11.7 Å². The fraction of sp³-hybridized carbons (Fsp3) is 0.185. The second kappa shape index (κ2) is 11.8. The van der Waals surface area contributed by atoms with Crippen LogP contribution >= 0.6 is 11.6 Å². The number of ether oxygens (including phenoxy) is 2. The number of nitrogens with zero attached hydrogens (tertiary/aromatic N) is 2. The van der Waals surface area contributed by atoms with E-state index in [9.17, 15) is 9.59 Å². The molecule has 0 radical (unpaired) electrons. The second-order valence-electron chi connectivity index (χ2n) is 8.47. The van der Waals surface area contributed by atoms with E-state index in [0.29, 0.717) is 37.2 Å². The Balaban J connectivity index is 1.13. The van der Waals surface area contributed by atoms with Crippen LogP contribution < -0.4 is 20.7 Å². The van der Waals surface area contributed by atoms with Gasteiger partial charge in [0.1, 0.15) is 18.1 Å². The summed E-state index contributed by atoms with van der Waals surface area (Å²) in [6.45, 7) is 1.25. The normalized spacial score (nSPS) is 17.3. The number of allylic oxidation sites excluding steroid dienone is 2. The number of halogens is 1. The number of carbonyl (C=O) groups is 2. The van der Waals surface area contributed by atoms with Gasteiger partial charge in [0.25, 0.3) is 11.8 Å². The Morgan fingerprint density at radius 2 is 1.84 bits per heavy atom. The number of aromatic nitrogens is 2. The van der Waals surface area contributed by atoms with Crippen molar-refractivity contribution in [3.05, 3.63) is 101 Å². The molecule has 0 saturated heterocycles. The first kappa shape index (κ1) is 25.2. The molecule has 0 fully saturated rings. The van der Waals surface area contributed by atoms with Gasteiger partial charge in [-0.1, -0.05) is 66.2 Å². The van der Waals surface area contributed by atoms with E-state index >= 15 is 0 Å². The van der Waals surface area contributed by atoms with Gasteiger partial charge in [0.2, 0.25) is 0 Å². The number of benzene rings is 2. The monoisotopic (exact) mass is 532 g/mol. The average molecular weight is 533 g/mol. The number of guanidine groups is 1. The summed E-state index contributed by atoms with van der Waals surface area (Å²) in [6.07, 6.45) is 8.99. The van der Waals surface area contributed by atoms with Crippen LogP contribution in [0.25, 0.3) is 0 Å². The zero-order valence-electron chi connectivity index (χ0n) is 20.2. The van der Waals surface area contributed by atoms with Crippen LogP contribution in [0.15, 0.2) is 84.2 Å². The van der Waals surface area contributed by atoms with Crippen molar-refractivity contribution in [2.75, 3.05) is 18.5 Å². The number of amides is 2. The van der Waals surface area contributed by atoms with Crippen LogP contribution in [0.2, 0.25) is 5.02 Å². The number of carbonyl (C=O) groups excluding carboxylic acids is 2. The SMILES string of the molecule is O=C(Nc1ccc(OCCOCc2ccccc2)cc1Cl)c1nc[nH]c1C(=O)NC1=NC2C=CC=CC2N1. The van der Waals surface area contributed by atoms with E-state index in [4.69, 9.17) is 21.1 Å². The molecule has 0 saturated carbocycles. The van der Waals surface area contributed by atoms with Crippen molar-refractivity contribution in [3.63, 3.8) is 0 Å². The summed E-state index contributed by atoms with van der Waals surface area (Å²) >= 11 is 6.36. The molecule has 38 heavy (non-hydrogen) atoms. The quantitative estimate of drug-likeness (QED) is 0.312. The summed E-state index contributed by atoms with van der Waals surface area (Å²) in [6, 6.07) is 14.7. The predicted molar refractivity (Wildman–Crippen MR) is 143 cm³/mol. The predicted octanol–water partition coefficient (Wildman–Crippen LogP) is 3.46. The standard InChI is InChI=1S/C27H25ClN6O4/c28-19-14-18(38-13-12-37-15-17-6-2-1-3-7-17)10-11-20(19)31-25(35)23-24(30-16-29-23)26(36)34-27-32-21-8-4-5-9-22(21)33-27/h1-11,14,16,21-22H,12-13,15H2,(H,29,30)(H,31,35)(H2,32,33,34,36). The fourth-order valence-corrected chi connectivity index (χ4v) is 4.14. The first-order chi connectivity index (χ1) is 18.6. The maximum Gasteiger partial charge on any atom is 0.276 e. The number of anilines is 1. The van der Waals surface area contributed by atoms with E-state index in [0.717, 1.165) is 5.56 Å². The lowest BCUT2D eigenvalue weighted by atomic mass is 10.1. The summed E-state index contributed by atoms with van der Waals surface area (Å²) in [5.74, 6) is -0.283. The maximum absolute atomic E-state index is 12.9. The highest BCUT2D eigenvalue weighted by Crippen LogP contribution is 2.27. The second-order valence-corrected chi connectivity index (χ2v) is 8.88. The molecule has 11 heteroatoms. The molecular formula is C27H25ClN6O4. The van der Waals surface area contributed by atoms with E-state index < -0.39 is 11.8 Å². The van der Waals surface area contributed by atoms with Gasteiger partial charge in [-0.3, -0.25) is 14.9 Å². The summed E-state index contributed by atoms with van der Waals surface area (Å²) < 4.78 is 11.3. The van der Waals surface area contributed by atoms with Gasteiger partial charge in [-0.2, -0.15) is 0 Å². The number of rotatable bonds is 9. The largest absolute Gasteiger partial charge is 0.491 e. The van der Waals surface area contributed by atoms with Crippen LogP contribution in [-0.4, -0.2) is 53.0 Å². The van der Waals surface area contributed by atoms with Crippen molar-refractivity contribution in [1.82, 2.24) is 20.6 Å². The van der Waals surface area contributed by atoms with Gasteiger partial charge in [0, 0.05) is 6.07 Å². The van der Waals surface area contributed by atoms with Gasteiger partial charge in [-0.25, -0.2) is 9.98 Å². The van der Waals surface area contributed by atoms with Crippen molar-refractivity contribution >= 4 is 35.1 Å². The zero-order chi connectivity index (χ0) is 26.3. The lowest BCUT2D eigenvalue weighted by Gasteiger charge is -2.13. The minimum atomic E-state index is -0.595. The first-order valence-electron chi connectivity index (χ1n) is 12.0. The molecule has 2 unspecified atom stereocenters. The van der Waals surface area contributed by atoms with Crippen LogP contribution in [-0.2, 0) is 11.3 Å². The molecular weight excluding hydrogens is 508 g/mol. The Bertz CT molecular complexity index is 1400. The zero-order valence-corrected chi connectivity index (χ0v) is 20.9. The maximum atomic E-state index is 12.9. The molecule has 2 aliphatic rings. The molecule has 1 aliphatic carbocycles. The van der Waals surface area contributed by atoms with Crippen LogP contribution in [0.3, 0.4) is 0 Å². The van der Waals surface area contributed by atoms with Gasteiger partial charge < -0.3 is 25.1 Å². The average Bonchev–Trinajstić information content (AvgIpc) is 3.58. The molecule has 4 N–H and O–H groups in total. The summed E-state index contributed by atoms with van der Waals surface area (Å²) in [5.41, 5.74) is 1.36. The Hall–Kier alpha value is -4.41. The highest BCUT2D eigenvalue weighted by atomic mass is 35.5. The Labute approximate surface area is 223 Å². The molecule has 10 nitrogen and oxygen atoms in total. The summed E-state index contributed by atoms with van der Waals surface area (Å²) in [4.78, 5) is 36.9. The van der Waals surface area contributed by atoms with Crippen LogP contribution in [0.5, 0.6) is 5.75 Å². The molecule has 3 aromatic rings. The smallest absolute Gasteiger partial charge is 0.276 e. The number of H-pyrrole nitrogens is 1. The number of nitrogens with one attached hydrogen (secondary N) is 4. The molecule has 2 aromatic carbocycles. The third kappa shape index (κ3) is 6.10. The Kier molecular flexibility index (Phi) is 7.81. The van der Waals surface area contributed by atoms with Crippen LogP contribution in [0.4, 0.5) is 5.69 Å². The third-order valence-corrected chi connectivity index (χ3v) is 6.11. The molecule has 194 valence electrons. The molecule has 1 aromatic heterocycles. The molecule has 2 amide bonds. The molecule has 2 heterocycles. The number of aliphatic imine (C=N–C) groups is 1. The van der Waals surface area contributed by atoms with Crippen molar-refractivity contribution in [3.8, 4) is 5.75 Å². The number of hydrogen-bond donors (Lipinski definition) is 4. The third-order valence-electron chi connectivity index (χ3n) is 5.80. The molecule has 0 bridgehead atoms. The lowest BCUT2D eigenvalue weighted by Crippen LogP contribution is -2.42. The fourth-order valence-electron chi connectivity index (χ4n) is 3.93. The minimum Gasteiger partial charge on any atom is -0.491 e. The highest BCUT2D eigenvalue weighted by Gasteiger charge is 2.28. The van der Waals surface area contributed by atoms with Gasteiger partial charge >= 0.3 is 0 Å². The lowest BCUT2D eigenvalue weighted by molar-refractivity contribution is 0.0889. The Morgan fingerprint density at radius 1 is 1.00 bits per heavy atom. The molecule has 1 aliphatic heterocycles. The van der Waals surface area contributed by atoms with E-state index in [1.165, 1.54) is 6.33 Å². The summed E-state index contributed by atoms with van der Waals surface area (Å²) in [5, 5.41) is 8.77. The van der Waals surface area contributed by atoms with Crippen molar-refractivity contribution in [2.45, 2.75) is 18.7 Å². The van der Waals surface area contributed by atoms with E-state index in [1.807, 2.05) is 54.6 Å². The summed E-state index contributed by atoms with van der Waals surface area (Å²) in [7, 11) is 0. The molecule has 5 rings (SSSR count). The molecule has 2 atom stereocenters. The van der Waals surface area contributed by atoms with Crippen molar-refractivity contribution < 1.29 is 19.1 Å². The van der Waals surface area contributed by atoms with E-state index in [2.05, 4.69) is 30.9 Å². The minimum absolute atomic E-state index is 0.000431. The van der Waals surface area contributed by atoms with Gasteiger partial charge in [-0.15, -0.1) is 0 Å². The highest BCUT2D eigenvalue weighted by molar-refractivity contribution is 6.34. The topological polar surface area (TPSA) is 130 Å². The van der Waals surface area contributed by atoms with Crippen LogP contribution in [0.1, 0.15) is 26.5 Å². The van der Waals surface area contributed by atoms with E-state index in [-0.39, 0.29) is 28.5 Å². The van der Waals surface area contributed by atoms with Crippen LogP contribution in [0, 0.1) is 0 Å². The first-order valence-corrected chi connectivity index (χ1v) is 12.3. The van der Waals surface area contributed by atoms with Crippen molar-refractivity contribution in [2.24, 2.45) is 4.99 Å². The van der Waals surface area contributed by atoms with Gasteiger partial charge in [-0.05, 0) is 17.7 Å². The van der Waals surface area contributed by atoms with E-state index in [1.54, 1.807) is 18.2 Å². The van der Waals surface area contributed by atoms with Crippen molar-refractivity contribution in [1.29, 1.82) is 0 Å². The number of imidazole rings is 1.